The molecule has 2 N–H and O–H groups in total. The predicted octanol–water partition coefficient (Wildman–Crippen LogP) is 3.87. The van der Waals surface area contributed by atoms with Gasteiger partial charge in [-0.05, 0) is 48.0 Å². The Morgan fingerprint density at radius 2 is 1.88 bits per heavy atom. The first-order chi connectivity index (χ1) is 12.6. The number of halogens is 1. The van der Waals surface area contributed by atoms with Crippen LogP contribution < -0.4 is 10.6 Å². The van der Waals surface area contributed by atoms with Crippen LogP contribution in [0.25, 0.3) is 0 Å². The average molecular weight is 364 g/mol. The van der Waals surface area contributed by atoms with Crippen LogP contribution in [0, 0.1) is 11.3 Å². The highest BCUT2D eigenvalue weighted by molar-refractivity contribution is 6.30. The molecule has 128 valence electrons. The minimum Gasteiger partial charge on any atom is -0.365 e. The highest BCUT2D eigenvalue weighted by Crippen LogP contribution is 2.13. The van der Waals surface area contributed by atoms with Crippen molar-refractivity contribution < 1.29 is 4.79 Å². The van der Waals surface area contributed by atoms with Gasteiger partial charge in [-0.3, -0.25) is 4.79 Å². The van der Waals surface area contributed by atoms with Gasteiger partial charge in [0.1, 0.15) is 5.82 Å². The Morgan fingerprint density at radius 3 is 2.58 bits per heavy atom. The maximum atomic E-state index is 12.2. The van der Waals surface area contributed by atoms with Crippen molar-refractivity contribution in [3.63, 3.8) is 0 Å². The normalized spacial score (nSPS) is 10.0. The number of nitriles is 1. The number of nitrogens with zero attached hydrogens (tertiary/aromatic N) is 3. The Morgan fingerprint density at radius 1 is 1.08 bits per heavy atom. The van der Waals surface area contributed by atoms with Crippen LogP contribution in [0.3, 0.4) is 0 Å². The summed E-state index contributed by atoms with van der Waals surface area (Å²) in [5.41, 5.74) is 2.23. The summed E-state index contributed by atoms with van der Waals surface area (Å²) in [6.07, 6.45) is 0. The lowest BCUT2D eigenvalue weighted by Crippen LogP contribution is -2.15. The fourth-order valence-corrected chi connectivity index (χ4v) is 2.33. The van der Waals surface area contributed by atoms with Crippen LogP contribution in [-0.2, 0) is 6.54 Å². The average Bonchev–Trinajstić information content (AvgIpc) is 2.68. The molecule has 0 unspecified atom stereocenters. The highest BCUT2D eigenvalue weighted by atomic mass is 35.5. The number of hydrogen-bond acceptors (Lipinski definition) is 5. The summed E-state index contributed by atoms with van der Waals surface area (Å²) in [5.74, 6) is 0.166. The van der Waals surface area contributed by atoms with E-state index in [2.05, 4.69) is 20.8 Å². The molecule has 1 heterocycles. The number of hydrogen-bond donors (Lipinski definition) is 2. The van der Waals surface area contributed by atoms with E-state index in [4.69, 9.17) is 16.9 Å². The monoisotopic (exact) mass is 363 g/mol. The summed E-state index contributed by atoms with van der Waals surface area (Å²) in [7, 11) is 0. The second kappa shape index (κ2) is 8.10. The number of carbonyl (C=O) groups excluding carboxylic acids is 1. The van der Waals surface area contributed by atoms with Gasteiger partial charge in [0.05, 0.1) is 11.6 Å². The van der Waals surface area contributed by atoms with Gasteiger partial charge in [0, 0.05) is 17.3 Å². The van der Waals surface area contributed by atoms with Crippen molar-refractivity contribution in [2.24, 2.45) is 0 Å². The third-order valence-electron chi connectivity index (χ3n) is 3.53. The molecule has 26 heavy (non-hydrogen) atoms. The second-order valence-corrected chi connectivity index (χ2v) is 5.87. The molecule has 1 amide bonds. The molecule has 0 fully saturated rings. The number of benzene rings is 2. The summed E-state index contributed by atoms with van der Waals surface area (Å²) < 4.78 is 0. The minimum atomic E-state index is -0.392. The van der Waals surface area contributed by atoms with Crippen LogP contribution in [0.15, 0.2) is 60.7 Å². The first-order valence-corrected chi connectivity index (χ1v) is 8.15. The standard InChI is InChI=1S/C19H14ClN5O/c20-15-6-4-13(5-7-15)12-22-18-9-8-17(24-25-18)19(26)23-16-3-1-2-14(10-16)11-21/h1-10H,12H2,(H,22,25)(H,23,26). The van der Waals surface area contributed by atoms with Crippen LogP contribution in [0.2, 0.25) is 5.02 Å². The molecule has 0 saturated carbocycles. The molecule has 6 nitrogen and oxygen atoms in total. The van der Waals surface area contributed by atoms with Crippen molar-refractivity contribution in [2.75, 3.05) is 10.6 Å². The predicted molar refractivity (Wildman–Crippen MR) is 99.9 cm³/mol. The van der Waals surface area contributed by atoms with Crippen molar-refractivity contribution >= 4 is 29.0 Å². The van der Waals surface area contributed by atoms with Crippen LogP contribution in [0.4, 0.5) is 11.5 Å². The Kier molecular flexibility index (Phi) is 5.42. The molecule has 3 rings (SSSR count). The van der Waals surface area contributed by atoms with Crippen LogP contribution >= 0.6 is 11.6 Å². The van der Waals surface area contributed by atoms with E-state index >= 15 is 0 Å². The molecule has 1 aromatic heterocycles. The van der Waals surface area contributed by atoms with Crippen molar-refractivity contribution in [1.82, 2.24) is 10.2 Å². The van der Waals surface area contributed by atoms with E-state index in [-0.39, 0.29) is 5.69 Å². The van der Waals surface area contributed by atoms with Crippen LogP contribution in [-0.4, -0.2) is 16.1 Å². The Bertz CT molecular complexity index is 949. The molecule has 0 radical (unpaired) electrons. The Balaban J connectivity index is 1.60. The van der Waals surface area contributed by atoms with Crippen LogP contribution in [0.5, 0.6) is 0 Å². The van der Waals surface area contributed by atoms with E-state index in [1.54, 1.807) is 36.4 Å². The fourth-order valence-electron chi connectivity index (χ4n) is 2.20. The smallest absolute Gasteiger partial charge is 0.276 e. The molecule has 0 aliphatic heterocycles. The summed E-state index contributed by atoms with van der Waals surface area (Å²) in [6.45, 7) is 0.568. The topological polar surface area (TPSA) is 90.7 Å². The van der Waals surface area contributed by atoms with E-state index in [0.717, 1.165) is 5.56 Å². The van der Waals surface area contributed by atoms with Crippen molar-refractivity contribution in [3.05, 3.63) is 82.5 Å². The van der Waals surface area contributed by atoms with Crippen molar-refractivity contribution in [3.8, 4) is 6.07 Å². The zero-order valence-corrected chi connectivity index (χ0v) is 14.4. The molecular weight excluding hydrogens is 350 g/mol. The van der Waals surface area contributed by atoms with Gasteiger partial charge in [-0.15, -0.1) is 10.2 Å². The largest absolute Gasteiger partial charge is 0.365 e. The zero-order valence-electron chi connectivity index (χ0n) is 13.6. The minimum absolute atomic E-state index is 0.185. The summed E-state index contributed by atoms with van der Waals surface area (Å²) in [5, 5.41) is 23.3. The summed E-state index contributed by atoms with van der Waals surface area (Å²) in [4.78, 5) is 12.2. The number of nitrogens with one attached hydrogen (secondary N) is 2. The highest BCUT2D eigenvalue weighted by Gasteiger charge is 2.09. The Hall–Kier alpha value is -3.43. The fraction of sp³-hybridized carbons (Fsp3) is 0.0526. The van der Waals surface area contributed by atoms with Gasteiger partial charge >= 0.3 is 0 Å². The SMILES string of the molecule is N#Cc1cccc(NC(=O)c2ccc(NCc3ccc(Cl)cc3)nn2)c1. The number of rotatable bonds is 5. The van der Waals surface area contributed by atoms with Gasteiger partial charge in [0.2, 0.25) is 0 Å². The van der Waals surface area contributed by atoms with E-state index < -0.39 is 5.91 Å². The molecule has 0 aliphatic rings. The lowest BCUT2D eigenvalue weighted by molar-refractivity contribution is 0.102. The number of anilines is 2. The first kappa shape index (κ1) is 17.4. The zero-order chi connectivity index (χ0) is 18.4. The third-order valence-corrected chi connectivity index (χ3v) is 3.79. The van der Waals surface area contributed by atoms with Crippen LogP contribution in [0.1, 0.15) is 21.6 Å². The Labute approximate surface area is 155 Å². The second-order valence-electron chi connectivity index (χ2n) is 5.43. The maximum absolute atomic E-state index is 12.2. The first-order valence-electron chi connectivity index (χ1n) is 7.77. The molecule has 0 aliphatic carbocycles. The summed E-state index contributed by atoms with van der Waals surface area (Å²) >= 11 is 5.85. The van der Waals surface area contributed by atoms with Gasteiger partial charge in [0.25, 0.3) is 5.91 Å². The van der Waals surface area contributed by atoms with Crippen molar-refractivity contribution in [1.29, 1.82) is 5.26 Å². The number of amides is 1. The van der Waals surface area contributed by atoms with Gasteiger partial charge in [-0.1, -0.05) is 29.8 Å². The maximum Gasteiger partial charge on any atom is 0.276 e. The third kappa shape index (κ3) is 4.56. The lowest BCUT2D eigenvalue weighted by Gasteiger charge is -2.07. The van der Waals surface area contributed by atoms with Gasteiger partial charge in [-0.2, -0.15) is 5.26 Å². The molecule has 0 atom stereocenters. The molecular formula is C19H14ClN5O. The molecule has 3 aromatic rings. The van der Waals surface area contributed by atoms with E-state index in [0.29, 0.717) is 28.6 Å². The van der Waals surface area contributed by atoms with Gasteiger partial charge < -0.3 is 10.6 Å². The summed E-state index contributed by atoms with van der Waals surface area (Å²) in [6, 6.07) is 19.4. The number of carbonyl (C=O) groups is 1. The number of aromatic nitrogens is 2. The van der Waals surface area contributed by atoms with E-state index in [1.807, 2.05) is 30.3 Å². The quantitative estimate of drug-likeness (QED) is 0.718. The van der Waals surface area contributed by atoms with Gasteiger partial charge in [0.15, 0.2) is 5.69 Å². The molecule has 7 heteroatoms. The molecule has 0 bridgehead atoms. The lowest BCUT2D eigenvalue weighted by atomic mass is 10.2. The van der Waals surface area contributed by atoms with Gasteiger partial charge in [-0.25, -0.2) is 0 Å². The molecule has 0 saturated heterocycles. The van der Waals surface area contributed by atoms with E-state index in [1.165, 1.54) is 0 Å². The molecule has 0 spiro atoms. The van der Waals surface area contributed by atoms with Crippen molar-refractivity contribution in [2.45, 2.75) is 6.54 Å². The van der Waals surface area contributed by atoms with E-state index in [9.17, 15) is 4.79 Å². The molecule has 2 aromatic carbocycles.